The van der Waals surface area contributed by atoms with Gasteiger partial charge in [0.25, 0.3) is 5.91 Å². The summed E-state index contributed by atoms with van der Waals surface area (Å²) in [5.41, 5.74) is 1.25. The van der Waals surface area contributed by atoms with Crippen LogP contribution in [0.3, 0.4) is 0 Å². The lowest BCUT2D eigenvalue weighted by atomic mass is 10.2. The molecule has 0 unspecified atom stereocenters. The number of nitrogens with one attached hydrogen (secondary N) is 1. The van der Waals surface area contributed by atoms with Crippen molar-refractivity contribution < 1.29 is 13.9 Å². The fourth-order valence-corrected chi connectivity index (χ4v) is 2.24. The van der Waals surface area contributed by atoms with E-state index in [0.29, 0.717) is 16.6 Å². The molecule has 2 aromatic carbocycles. The molecule has 1 atom stereocenters. The maximum atomic E-state index is 13.8. The number of rotatable bonds is 5. The summed E-state index contributed by atoms with van der Waals surface area (Å²) >= 11 is 3.18. The Morgan fingerprint density at radius 1 is 1.27 bits per heavy atom. The molecule has 1 N–H and O–H groups in total. The van der Waals surface area contributed by atoms with E-state index < -0.39 is 11.9 Å². The van der Waals surface area contributed by atoms with Crippen LogP contribution in [0.4, 0.5) is 10.1 Å². The smallest absolute Gasteiger partial charge is 0.265 e. The molecule has 116 valence electrons. The SMILES string of the molecule is CC[C@@H](Oc1ccc(C)cc1)C(=O)Nc1ccc(Br)cc1F. The van der Waals surface area contributed by atoms with Gasteiger partial charge < -0.3 is 10.1 Å². The zero-order valence-corrected chi connectivity index (χ0v) is 14.0. The summed E-state index contributed by atoms with van der Waals surface area (Å²) in [7, 11) is 0. The first kappa shape index (κ1) is 16.5. The van der Waals surface area contributed by atoms with Crippen LogP contribution in [0.15, 0.2) is 46.9 Å². The topological polar surface area (TPSA) is 38.3 Å². The van der Waals surface area contributed by atoms with Crippen LogP contribution in [0.2, 0.25) is 0 Å². The summed E-state index contributed by atoms with van der Waals surface area (Å²) in [6, 6.07) is 11.9. The maximum absolute atomic E-state index is 13.8. The Kier molecular flexibility index (Phi) is 5.55. The Hall–Kier alpha value is -1.88. The van der Waals surface area contributed by atoms with Crippen molar-refractivity contribution in [3.8, 4) is 5.75 Å². The molecule has 0 radical (unpaired) electrons. The Morgan fingerprint density at radius 2 is 1.95 bits per heavy atom. The molecule has 1 amide bonds. The quantitative estimate of drug-likeness (QED) is 0.834. The van der Waals surface area contributed by atoms with E-state index in [0.717, 1.165) is 5.56 Å². The molecule has 0 aliphatic heterocycles. The molecule has 0 aliphatic carbocycles. The fourth-order valence-electron chi connectivity index (χ4n) is 1.91. The number of aryl methyl sites for hydroxylation is 1. The highest BCUT2D eigenvalue weighted by molar-refractivity contribution is 9.10. The lowest BCUT2D eigenvalue weighted by Gasteiger charge is -2.17. The molecule has 0 fully saturated rings. The average molecular weight is 366 g/mol. The van der Waals surface area contributed by atoms with E-state index in [1.54, 1.807) is 6.07 Å². The maximum Gasteiger partial charge on any atom is 0.265 e. The molecule has 0 heterocycles. The van der Waals surface area contributed by atoms with Gasteiger partial charge in [0.1, 0.15) is 11.6 Å². The minimum atomic E-state index is -0.675. The summed E-state index contributed by atoms with van der Waals surface area (Å²) in [6.45, 7) is 3.82. The van der Waals surface area contributed by atoms with Gasteiger partial charge in [0, 0.05) is 4.47 Å². The van der Waals surface area contributed by atoms with E-state index in [9.17, 15) is 9.18 Å². The average Bonchev–Trinajstić information content (AvgIpc) is 2.49. The second-order valence-corrected chi connectivity index (χ2v) is 5.86. The summed E-state index contributed by atoms with van der Waals surface area (Å²) in [5, 5.41) is 2.56. The van der Waals surface area contributed by atoms with Gasteiger partial charge in [-0.1, -0.05) is 40.5 Å². The van der Waals surface area contributed by atoms with E-state index >= 15 is 0 Å². The Morgan fingerprint density at radius 3 is 2.55 bits per heavy atom. The van der Waals surface area contributed by atoms with Crippen LogP contribution in [0, 0.1) is 12.7 Å². The first-order valence-corrected chi connectivity index (χ1v) is 7.78. The van der Waals surface area contributed by atoms with Gasteiger partial charge in [-0.15, -0.1) is 0 Å². The highest BCUT2D eigenvalue weighted by atomic mass is 79.9. The number of carbonyl (C=O) groups excluding carboxylic acids is 1. The minimum absolute atomic E-state index is 0.138. The molecule has 0 saturated carbocycles. The monoisotopic (exact) mass is 365 g/mol. The summed E-state index contributed by atoms with van der Waals surface area (Å²) in [4.78, 5) is 12.2. The third-order valence-electron chi connectivity index (χ3n) is 3.15. The Labute approximate surface area is 137 Å². The zero-order valence-electron chi connectivity index (χ0n) is 12.4. The standard InChI is InChI=1S/C17H17BrFNO2/c1-3-16(22-13-7-4-11(2)5-8-13)17(21)20-15-9-6-12(18)10-14(15)19/h4-10,16H,3H2,1-2H3,(H,20,21)/t16-/m1/s1. The summed E-state index contributed by atoms with van der Waals surface area (Å²) < 4.78 is 20.1. The van der Waals surface area contributed by atoms with Crippen LogP contribution in [0.25, 0.3) is 0 Å². The Bertz CT molecular complexity index is 658. The Balaban J connectivity index is 2.06. The minimum Gasteiger partial charge on any atom is -0.481 e. The number of anilines is 1. The normalized spacial score (nSPS) is 11.8. The van der Waals surface area contributed by atoms with Crippen molar-refractivity contribution in [2.75, 3.05) is 5.32 Å². The van der Waals surface area contributed by atoms with Crippen molar-refractivity contribution in [2.45, 2.75) is 26.4 Å². The van der Waals surface area contributed by atoms with Crippen molar-refractivity contribution in [3.05, 3.63) is 58.3 Å². The number of hydrogen-bond donors (Lipinski definition) is 1. The van der Waals surface area contributed by atoms with Crippen LogP contribution in [-0.2, 0) is 4.79 Å². The van der Waals surface area contributed by atoms with Gasteiger partial charge in [-0.05, 0) is 43.7 Å². The van der Waals surface area contributed by atoms with Crippen molar-refractivity contribution in [2.24, 2.45) is 0 Å². The van der Waals surface area contributed by atoms with Crippen molar-refractivity contribution in [3.63, 3.8) is 0 Å². The van der Waals surface area contributed by atoms with Crippen LogP contribution in [0.1, 0.15) is 18.9 Å². The molecule has 3 nitrogen and oxygen atoms in total. The number of halogens is 2. The molecule has 2 aromatic rings. The second-order valence-electron chi connectivity index (χ2n) is 4.94. The van der Waals surface area contributed by atoms with E-state index in [-0.39, 0.29) is 11.6 Å². The van der Waals surface area contributed by atoms with E-state index in [4.69, 9.17) is 4.74 Å². The first-order chi connectivity index (χ1) is 10.5. The van der Waals surface area contributed by atoms with Gasteiger partial charge in [0.2, 0.25) is 0 Å². The second kappa shape index (κ2) is 7.40. The van der Waals surface area contributed by atoms with Gasteiger partial charge >= 0.3 is 0 Å². The van der Waals surface area contributed by atoms with Gasteiger partial charge in [0.05, 0.1) is 5.69 Å². The van der Waals surface area contributed by atoms with E-state index in [1.165, 1.54) is 12.1 Å². The van der Waals surface area contributed by atoms with Gasteiger partial charge in [-0.25, -0.2) is 4.39 Å². The lowest BCUT2D eigenvalue weighted by molar-refractivity contribution is -0.122. The van der Waals surface area contributed by atoms with Gasteiger partial charge in [0.15, 0.2) is 6.10 Å². The van der Waals surface area contributed by atoms with Crippen molar-refractivity contribution >= 4 is 27.5 Å². The highest BCUT2D eigenvalue weighted by Gasteiger charge is 2.19. The van der Waals surface area contributed by atoms with Crippen LogP contribution < -0.4 is 10.1 Å². The van der Waals surface area contributed by atoms with Gasteiger partial charge in [-0.2, -0.15) is 0 Å². The molecule has 5 heteroatoms. The van der Waals surface area contributed by atoms with Crippen LogP contribution >= 0.6 is 15.9 Å². The molecular weight excluding hydrogens is 349 g/mol. The van der Waals surface area contributed by atoms with E-state index in [2.05, 4.69) is 21.2 Å². The lowest BCUT2D eigenvalue weighted by Crippen LogP contribution is -2.32. The number of carbonyl (C=O) groups is 1. The molecule has 0 saturated heterocycles. The molecule has 22 heavy (non-hydrogen) atoms. The van der Waals surface area contributed by atoms with Crippen molar-refractivity contribution in [1.29, 1.82) is 0 Å². The third-order valence-corrected chi connectivity index (χ3v) is 3.64. The molecular formula is C17H17BrFNO2. The van der Waals surface area contributed by atoms with Crippen LogP contribution in [0.5, 0.6) is 5.75 Å². The molecule has 0 aliphatic rings. The summed E-state index contributed by atoms with van der Waals surface area (Å²) in [6.07, 6.45) is -0.191. The number of amides is 1. The predicted octanol–water partition coefficient (Wildman–Crippen LogP) is 4.69. The number of ether oxygens (including phenoxy) is 1. The predicted molar refractivity (Wildman–Crippen MR) is 88.6 cm³/mol. The van der Waals surface area contributed by atoms with Gasteiger partial charge in [-0.3, -0.25) is 4.79 Å². The van der Waals surface area contributed by atoms with E-state index in [1.807, 2.05) is 38.1 Å². The van der Waals surface area contributed by atoms with Crippen molar-refractivity contribution in [1.82, 2.24) is 0 Å². The van der Waals surface area contributed by atoms with Crippen LogP contribution in [-0.4, -0.2) is 12.0 Å². The highest BCUT2D eigenvalue weighted by Crippen LogP contribution is 2.20. The molecule has 0 aromatic heterocycles. The third kappa shape index (κ3) is 4.31. The molecule has 0 spiro atoms. The zero-order chi connectivity index (χ0) is 16.1. The first-order valence-electron chi connectivity index (χ1n) is 6.99. The molecule has 0 bridgehead atoms. The summed E-state index contributed by atoms with van der Waals surface area (Å²) in [5.74, 6) is -0.249. The largest absolute Gasteiger partial charge is 0.481 e. The number of benzene rings is 2. The number of hydrogen-bond acceptors (Lipinski definition) is 2. The molecule has 2 rings (SSSR count). The fraction of sp³-hybridized carbons (Fsp3) is 0.235.